The summed E-state index contributed by atoms with van der Waals surface area (Å²) in [7, 11) is -3.03. The fourth-order valence-corrected chi connectivity index (χ4v) is 3.08. The Labute approximate surface area is 117 Å². The van der Waals surface area contributed by atoms with Gasteiger partial charge in [0.05, 0.1) is 5.75 Å². The molecule has 1 atom stereocenters. The highest BCUT2D eigenvalue weighted by Gasteiger charge is 2.20. The summed E-state index contributed by atoms with van der Waals surface area (Å²) in [6.07, 6.45) is 1.65. The Balaban J connectivity index is 1.82. The second kappa shape index (κ2) is 6.06. The predicted molar refractivity (Wildman–Crippen MR) is 74.7 cm³/mol. The molecule has 2 rings (SSSR count). The van der Waals surface area contributed by atoms with Crippen molar-refractivity contribution in [3.63, 3.8) is 0 Å². The summed E-state index contributed by atoms with van der Waals surface area (Å²) in [4.78, 5) is 10.6. The van der Waals surface area contributed by atoms with E-state index in [9.17, 15) is 13.2 Å². The Morgan fingerprint density at radius 1 is 1.35 bits per heavy atom. The summed E-state index contributed by atoms with van der Waals surface area (Å²) < 4.78 is 27.6. The van der Waals surface area contributed by atoms with Crippen molar-refractivity contribution < 1.29 is 17.9 Å². The molecule has 108 valence electrons. The molecule has 1 aliphatic rings. The highest BCUT2D eigenvalue weighted by atomic mass is 32.2. The van der Waals surface area contributed by atoms with Crippen LogP contribution in [0.4, 0.5) is 0 Å². The molecule has 0 saturated heterocycles. The zero-order chi connectivity index (χ0) is 14.6. The lowest BCUT2D eigenvalue weighted by Crippen LogP contribution is -2.29. The van der Waals surface area contributed by atoms with E-state index in [1.54, 1.807) is 18.2 Å². The van der Waals surface area contributed by atoms with Gasteiger partial charge in [-0.15, -0.1) is 0 Å². The molecule has 7 heteroatoms. The van der Waals surface area contributed by atoms with Crippen molar-refractivity contribution >= 4 is 15.7 Å². The van der Waals surface area contributed by atoms with Gasteiger partial charge in [0, 0.05) is 18.0 Å². The Kier molecular flexibility index (Phi) is 4.41. The van der Waals surface area contributed by atoms with Crippen molar-refractivity contribution in [3.05, 3.63) is 41.3 Å². The van der Waals surface area contributed by atoms with Gasteiger partial charge in [-0.05, 0) is 17.7 Å². The highest BCUT2D eigenvalue weighted by Crippen LogP contribution is 2.13. The number of hydrogen-bond donors (Lipinski definition) is 2. The quantitative estimate of drug-likeness (QED) is 0.767. The molecule has 6 nitrogen and oxygen atoms in total. The van der Waals surface area contributed by atoms with Crippen molar-refractivity contribution in [2.45, 2.75) is 12.6 Å². The molecular formula is C13H16N2O4S. The molecule has 1 aliphatic heterocycles. The van der Waals surface area contributed by atoms with Crippen LogP contribution in [0, 0.1) is 0 Å². The van der Waals surface area contributed by atoms with E-state index in [1.165, 1.54) is 5.41 Å². The second-order valence-corrected chi connectivity index (χ2v) is 6.48. The van der Waals surface area contributed by atoms with E-state index < -0.39 is 15.7 Å². The molecule has 0 aliphatic carbocycles. The molecule has 0 bridgehead atoms. The summed E-state index contributed by atoms with van der Waals surface area (Å²) >= 11 is 0. The zero-order valence-corrected chi connectivity index (χ0v) is 11.6. The SMILES string of the molecule is NC(=O)COc1ccc(CNC2C=CS(=O)(=O)C2)cc1. The number of hydrogen-bond acceptors (Lipinski definition) is 5. The Bertz CT molecular complexity index is 608. The minimum absolute atomic E-state index is 0.104. The number of benzene rings is 1. The topological polar surface area (TPSA) is 98.5 Å². The number of amides is 1. The van der Waals surface area contributed by atoms with Gasteiger partial charge in [0.15, 0.2) is 16.4 Å². The molecule has 1 amide bonds. The number of nitrogens with two attached hydrogens (primary N) is 1. The van der Waals surface area contributed by atoms with E-state index in [2.05, 4.69) is 5.32 Å². The number of ether oxygens (including phenoxy) is 1. The van der Waals surface area contributed by atoms with Crippen LogP contribution in [0.1, 0.15) is 5.56 Å². The third-order valence-electron chi connectivity index (χ3n) is 2.80. The van der Waals surface area contributed by atoms with Crippen molar-refractivity contribution in [2.24, 2.45) is 5.73 Å². The first-order chi connectivity index (χ1) is 9.44. The average Bonchev–Trinajstić information content (AvgIpc) is 2.75. The summed E-state index contributed by atoms with van der Waals surface area (Å²) in [6.45, 7) is 0.406. The first-order valence-electron chi connectivity index (χ1n) is 6.09. The second-order valence-electron chi connectivity index (χ2n) is 4.54. The lowest BCUT2D eigenvalue weighted by atomic mass is 10.2. The zero-order valence-electron chi connectivity index (χ0n) is 10.8. The smallest absolute Gasteiger partial charge is 0.255 e. The molecular weight excluding hydrogens is 280 g/mol. The molecule has 3 N–H and O–H groups in total. The van der Waals surface area contributed by atoms with Gasteiger partial charge in [-0.1, -0.05) is 18.2 Å². The van der Waals surface area contributed by atoms with Crippen LogP contribution in [0.15, 0.2) is 35.7 Å². The lowest BCUT2D eigenvalue weighted by molar-refractivity contribution is -0.119. The first kappa shape index (κ1) is 14.5. The number of rotatable bonds is 6. The van der Waals surface area contributed by atoms with Crippen LogP contribution >= 0.6 is 0 Å². The molecule has 1 aromatic rings. The van der Waals surface area contributed by atoms with Crippen molar-refractivity contribution in [1.29, 1.82) is 0 Å². The summed E-state index contributed by atoms with van der Waals surface area (Å²) in [5, 5.41) is 4.38. The Hall–Kier alpha value is -1.86. The number of carbonyl (C=O) groups is 1. The van der Waals surface area contributed by atoms with Gasteiger partial charge in [0.1, 0.15) is 5.75 Å². The maximum absolute atomic E-state index is 11.2. The first-order valence-corrected chi connectivity index (χ1v) is 7.80. The van der Waals surface area contributed by atoms with Crippen molar-refractivity contribution in [2.75, 3.05) is 12.4 Å². The summed E-state index contributed by atoms with van der Waals surface area (Å²) in [6, 6.07) is 7.01. The molecule has 1 aromatic carbocycles. The van der Waals surface area contributed by atoms with Gasteiger partial charge in [0.2, 0.25) is 0 Å². The van der Waals surface area contributed by atoms with Crippen LogP contribution in [0.5, 0.6) is 5.75 Å². The van der Waals surface area contributed by atoms with Gasteiger partial charge in [-0.25, -0.2) is 8.42 Å². The van der Waals surface area contributed by atoms with Crippen LogP contribution in [0.2, 0.25) is 0 Å². The van der Waals surface area contributed by atoms with Crippen LogP contribution in [-0.4, -0.2) is 32.7 Å². The molecule has 1 unspecified atom stereocenters. The molecule has 0 saturated carbocycles. The number of sulfone groups is 1. The molecule has 20 heavy (non-hydrogen) atoms. The average molecular weight is 296 g/mol. The summed E-state index contributed by atoms with van der Waals surface area (Å²) in [5.74, 6) is 0.146. The number of nitrogens with one attached hydrogen (secondary N) is 1. The highest BCUT2D eigenvalue weighted by molar-refractivity contribution is 7.94. The van der Waals surface area contributed by atoms with E-state index in [0.29, 0.717) is 12.3 Å². The van der Waals surface area contributed by atoms with E-state index in [1.807, 2.05) is 12.1 Å². The normalized spacial score (nSPS) is 19.9. The van der Waals surface area contributed by atoms with Crippen molar-refractivity contribution in [3.8, 4) is 5.75 Å². The maximum atomic E-state index is 11.2. The minimum Gasteiger partial charge on any atom is -0.484 e. The van der Waals surface area contributed by atoms with Gasteiger partial charge in [-0.3, -0.25) is 4.79 Å². The van der Waals surface area contributed by atoms with Crippen LogP contribution < -0.4 is 15.8 Å². The number of carbonyl (C=O) groups excluding carboxylic acids is 1. The third kappa shape index (κ3) is 4.36. The standard InChI is InChI=1S/C13H16N2O4S/c14-13(16)8-19-12-3-1-10(2-4-12)7-15-11-5-6-20(17,18)9-11/h1-6,11,15H,7-9H2,(H2,14,16). The minimum atomic E-state index is -3.03. The molecule has 0 fully saturated rings. The largest absolute Gasteiger partial charge is 0.484 e. The Morgan fingerprint density at radius 2 is 2.05 bits per heavy atom. The summed E-state index contributed by atoms with van der Waals surface area (Å²) in [5.41, 5.74) is 5.97. The monoisotopic (exact) mass is 296 g/mol. The molecule has 0 radical (unpaired) electrons. The van der Waals surface area contributed by atoms with Gasteiger partial charge >= 0.3 is 0 Å². The van der Waals surface area contributed by atoms with Gasteiger partial charge in [0.25, 0.3) is 5.91 Å². The van der Waals surface area contributed by atoms with E-state index in [0.717, 1.165) is 5.56 Å². The number of primary amides is 1. The van der Waals surface area contributed by atoms with Crippen LogP contribution in [-0.2, 0) is 21.2 Å². The van der Waals surface area contributed by atoms with E-state index in [-0.39, 0.29) is 18.4 Å². The molecule has 0 aromatic heterocycles. The molecule has 1 heterocycles. The van der Waals surface area contributed by atoms with Crippen LogP contribution in [0.3, 0.4) is 0 Å². The van der Waals surface area contributed by atoms with Crippen molar-refractivity contribution in [1.82, 2.24) is 5.32 Å². The van der Waals surface area contributed by atoms with Gasteiger partial charge < -0.3 is 15.8 Å². The maximum Gasteiger partial charge on any atom is 0.255 e. The van der Waals surface area contributed by atoms with E-state index in [4.69, 9.17) is 10.5 Å². The fourth-order valence-electron chi connectivity index (χ4n) is 1.81. The lowest BCUT2D eigenvalue weighted by Gasteiger charge is -2.10. The Morgan fingerprint density at radius 3 is 2.60 bits per heavy atom. The van der Waals surface area contributed by atoms with Crippen LogP contribution in [0.25, 0.3) is 0 Å². The predicted octanol–water partition coefficient (Wildman–Crippen LogP) is -0.0490. The third-order valence-corrected chi connectivity index (χ3v) is 4.20. The van der Waals surface area contributed by atoms with Gasteiger partial charge in [-0.2, -0.15) is 0 Å². The fraction of sp³-hybridized carbons (Fsp3) is 0.308. The van der Waals surface area contributed by atoms with E-state index >= 15 is 0 Å². The molecule has 0 spiro atoms.